The van der Waals surface area contributed by atoms with Gasteiger partial charge in [0.2, 0.25) is 5.91 Å². The Morgan fingerprint density at radius 1 is 1.27 bits per heavy atom. The summed E-state index contributed by atoms with van der Waals surface area (Å²) >= 11 is 0. The Morgan fingerprint density at radius 2 is 1.96 bits per heavy atom. The van der Waals surface area contributed by atoms with Crippen molar-refractivity contribution in [3.8, 4) is 5.75 Å². The first-order valence-corrected chi connectivity index (χ1v) is 9.07. The summed E-state index contributed by atoms with van der Waals surface area (Å²) in [6.45, 7) is 5.33. The highest BCUT2D eigenvalue weighted by atomic mass is 16.5. The van der Waals surface area contributed by atoms with E-state index in [1.807, 2.05) is 54.7 Å². The van der Waals surface area contributed by atoms with Crippen LogP contribution < -0.4 is 10.5 Å². The molecule has 1 fully saturated rings. The Hall–Kier alpha value is -2.34. The molecule has 2 unspecified atom stereocenters. The smallest absolute Gasteiger partial charge is 0.222 e. The van der Waals surface area contributed by atoms with Gasteiger partial charge in [0, 0.05) is 44.2 Å². The number of methoxy groups -OCH3 is 1. The Bertz CT molecular complexity index is 782. The third-order valence-electron chi connectivity index (χ3n) is 5.51. The molecule has 1 aliphatic rings. The molecule has 3 rings (SSSR count). The second-order valence-electron chi connectivity index (χ2n) is 7.12. The molecule has 1 amide bonds. The number of aryl methyl sites for hydroxylation is 2. The van der Waals surface area contributed by atoms with Crippen LogP contribution in [-0.2, 0) is 18.3 Å². The zero-order valence-electron chi connectivity index (χ0n) is 16.0. The van der Waals surface area contributed by atoms with E-state index in [-0.39, 0.29) is 17.9 Å². The van der Waals surface area contributed by atoms with Crippen LogP contribution in [0.1, 0.15) is 34.9 Å². The fourth-order valence-electron chi connectivity index (χ4n) is 3.81. The molecule has 2 heterocycles. The quantitative estimate of drug-likeness (QED) is 0.888. The monoisotopic (exact) mass is 356 g/mol. The van der Waals surface area contributed by atoms with E-state index in [9.17, 15) is 4.79 Å². The molecule has 0 bridgehead atoms. The van der Waals surface area contributed by atoms with Crippen LogP contribution >= 0.6 is 0 Å². The lowest BCUT2D eigenvalue weighted by Crippen LogP contribution is -2.32. The van der Waals surface area contributed by atoms with Crippen molar-refractivity contribution < 1.29 is 9.53 Å². The highest BCUT2D eigenvalue weighted by molar-refractivity contribution is 5.77. The van der Waals surface area contributed by atoms with Gasteiger partial charge in [0.15, 0.2) is 0 Å². The van der Waals surface area contributed by atoms with Gasteiger partial charge in [-0.2, -0.15) is 5.10 Å². The number of benzene rings is 1. The third kappa shape index (κ3) is 3.60. The van der Waals surface area contributed by atoms with Crippen LogP contribution in [0.3, 0.4) is 0 Å². The Morgan fingerprint density at radius 3 is 2.54 bits per heavy atom. The van der Waals surface area contributed by atoms with Crippen LogP contribution in [0.4, 0.5) is 0 Å². The van der Waals surface area contributed by atoms with Crippen LogP contribution in [0.15, 0.2) is 24.3 Å². The number of ether oxygens (including phenoxy) is 1. The van der Waals surface area contributed by atoms with Crippen molar-refractivity contribution >= 4 is 5.91 Å². The number of rotatable bonds is 5. The molecule has 1 saturated heterocycles. The fraction of sp³-hybridized carbons (Fsp3) is 0.500. The van der Waals surface area contributed by atoms with Crippen LogP contribution in [-0.4, -0.2) is 46.8 Å². The predicted octanol–water partition coefficient (Wildman–Crippen LogP) is 1.93. The van der Waals surface area contributed by atoms with Crippen molar-refractivity contribution in [3.05, 3.63) is 46.8 Å². The lowest BCUT2D eigenvalue weighted by Gasteiger charge is -2.17. The van der Waals surface area contributed by atoms with E-state index in [4.69, 9.17) is 10.5 Å². The predicted molar refractivity (Wildman–Crippen MR) is 101 cm³/mol. The summed E-state index contributed by atoms with van der Waals surface area (Å²) in [6, 6.07) is 7.94. The van der Waals surface area contributed by atoms with E-state index in [1.165, 1.54) is 5.56 Å². The van der Waals surface area contributed by atoms with E-state index >= 15 is 0 Å². The van der Waals surface area contributed by atoms with Gasteiger partial charge in [-0.25, -0.2) is 0 Å². The Balaban J connectivity index is 1.62. The first-order chi connectivity index (χ1) is 12.4. The molecule has 140 valence electrons. The maximum Gasteiger partial charge on any atom is 0.222 e. The molecule has 6 nitrogen and oxygen atoms in total. The van der Waals surface area contributed by atoms with Gasteiger partial charge in [-0.05, 0) is 43.5 Å². The number of nitrogens with zero attached hydrogens (tertiary/aromatic N) is 3. The molecule has 2 atom stereocenters. The fourth-order valence-corrected chi connectivity index (χ4v) is 3.81. The van der Waals surface area contributed by atoms with Gasteiger partial charge in [-0.15, -0.1) is 0 Å². The summed E-state index contributed by atoms with van der Waals surface area (Å²) in [6.07, 6.45) is 1.22. The second kappa shape index (κ2) is 7.50. The molecule has 26 heavy (non-hydrogen) atoms. The van der Waals surface area contributed by atoms with E-state index < -0.39 is 0 Å². The highest BCUT2D eigenvalue weighted by Crippen LogP contribution is 2.28. The van der Waals surface area contributed by atoms with Crippen molar-refractivity contribution in [2.75, 3.05) is 20.2 Å². The topological polar surface area (TPSA) is 73.4 Å². The molecule has 2 N–H and O–H groups in total. The summed E-state index contributed by atoms with van der Waals surface area (Å²) < 4.78 is 7.09. The van der Waals surface area contributed by atoms with Crippen LogP contribution in [0.5, 0.6) is 5.75 Å². The van der Waals surface area contributed by atoms with E-state index in [0.717, 1.165) is 29.1 Å². The summed E-state index contributed by atoms with van der Waals surface area (Å²) in [7, 11) is 3.59. The van der Waals surface area contributed by atoms with Gasteiger partial charge in [-0.3, -0.25) is 9.48 Å². The van der Waals surface area contributed by atoms with Crippen molar-refractivity contribution in [3.63, 3.8) is 0 Å². The highest BCUT2D eigenvalue weighted by Gasteiger charge is 2.33. The van der Waals surface area contributed by atoms with Gasteiger partial charge in [0.25, 0.3) is 0 Å². The molecule has 1 aromatic heterocycles. The molecular weight excluding hydrogens is 328 g/mol. The largest absolute Gasteiger partial charge is 0.497 e. The van der Waals surface area contributed by atoms with Gasteiger partial charge >= 0.3 is 0 Å². The number of nitrogens with two attached hydrogens (primary N) is 1. The third-order valence-corrected chi connectivity index (χ3v) is 5.51. The first-order valence-electron chi connectivity index (χ1n) is 9.07. The SMILES string of the molecule is COc1ccc(C2CN(C(=O)CCc3c(C)nn(C)c3C)CC2N)cc1. The second-order valence-corrected chi connectivity index (χ2v) is 7.12. The number of hydrogen-bond donors (Lipinski definition) is 1. The number of hydrogen-bond acceptors (Lipinski definition) is 4. The van der Waals surface area contributed by atoms with Crippen molar-refractivity contribution in [2.24, 2.45) is 12.8 Å². The number of aromatic nitrogens is 2. The molecular formula is C20H28N4O2. The normalized spacial score (nSPS) is 19.8. The van der Waals surface area contributed by atoms with Crippen molar-refractivity contribution in [1.82, 2.24) is 14.7 Å². The van der Waals surface area contributed by atoms with Gasteiger partial charge in [0.05, 0.1) is 12.8 Å². The number of likely N-dealkylation sites (tertiary alicyclic amines) is 1. The molecule has 2 aromatic rings. The average molecular weight is 356 g/mol. The lowest BCUT2D eigenvalue weighted by molar-refractivity contribution is -0.130. The van der Waals surface area contributed by atoms with E-state index in [2.05, 4.69) is 5.10 Å². The van der Waals surface area contributed by atoms with Crippen molar-refractivity contribution in [1.29, 1.82) is 0 Å². The Labute approximate surface area is 154 Å². The maximum atomic E-state index is 12.7. The standard InChI is InChI=1S/C20H28N4O2/c1-13-17(14(2)23(3)22-13)9-10-20(25)24-11-18(19(21)12-24)15-5-7-16(26-4)8-6-15/h5-8,18-19H,9-12,21H2,1-4H3. The molecule has 1 aromatic carbocycles. The van der Waals surface area contributed by atoms with E-state index in [1.54, 1.807) is 7.11 Å². The Kier molecular flexibility index (Phi) is 5.32. The number of carbonyl (C=O) groups excluding carboxylic acids is 1. The lowest BCUT2D eigenvalue weighted by atomic mass is 9.95. The van der Waals surface area contributed by atoms with Crippen LogP contribution in [0.25, 0.3) is 0 Å². The molecule has 0 aliphatic carbocycles. The average Bonchev–Trinajstić information content (AvgIpc) is 3.13. The van der Waals surface area contributed by atoms with Gasteiger partial charge in [-0.1, -0.05) is 12.1 Å². The molecule has 0 saturated carbocycles. The molecule has 6 heteroatoms. The van der Waals surface area contributed by atoms with Crippen LogP contribution in [0, 0.1) is 13.8 Å². The summed E-state index contributed by atoms with van der Waals surface area (Å²) in [5, 5.41) is 4.43. The minimum Gasteiger partial charge on any atom is -0.497 e. The van der Waals surface area contributed by atoms with Gasteiger partial charge < -0.3 is 15.4 Å². The van der Waals surface area contributed by atoms with E-state index in [0.29, 0.717) is 19.5 Å². The number of amides is 1. The first kappa shape index (κ1) is 18.5. The van der Waals surface area contributed by atoms with Crippen molar-refractivity contribution in [2.45, 2.75) is 38.6 Å². The summed E-state index contributed by atoms with van der Waals surface area (Å²) in [5.41, 5.74) is 10.8. The van der Waals surface area contributed by atoms with Gasteiger partial charge in [0.1, 0.15) is 5.75 Å². The molecule has 1 aliphatic heterocycles. The summed E-state index contributed by atoms with van der Waals surface area (Å²) in [4.78, 5) is 14.6. The molecule has 0 spiro atoms. The summed E-state index contributed by atoms with van der Waals surface area (Å²) in [5.74, 6) is 1.17. The minimum atomic E-state index is -0.0331. The zero-order valence-corrected chi connectivity index (χ0v) is 16.0. The van der Waals surface area contributed by atoms with Crippen LogP contribution in [0.2, 0.25) is 0 Å². The number of carbonyl (C=O) groups is 1. The minimum absolute atomic E-state index is 0.0331. The molecule has 0 radical (unpaired) electrons. The maximum absolute atomic E-state index is 12.7. The zero-order chi connectivity index (χ0) is 18.8.